The zero-order chi connectivity index (χ0) is 19.9. The predicted octanol–water partition coefficient (Wildman–Crippen LogP) is 5.41. The summed E-state index contributed by atoms with van der Waals surface area (Å²) in [6.07, 6.45) is 6.02. The van der Waals surface area contributed by atoms with Crippen LogP contribution in [0, 0.1) is 13.8 Å². The van der Waals surface area contributed by atoms with Gasteiger partial charge in [-0.3, -0.25) is 0 Å². The molecule has 0 bridgehead atoms. The lowest BCUT2D eigenvalue weighted by Crippen LogP contribution is -2.03. The van der Waals surface area contributed by atoms with E-state index < -0.39 is 0 Å². The fraction of sp³-hybridized carbons (Fsp3) is 0.458. The lowest BCUT2D eigenvalue weighted by atomic mass is 10.0. The second-order valence-electron chi connectivity index (χ2n) is 7.05. The predicted molar refractivity (Wildman–Crippen MR) is 114 cm³/mol. The van der Waals surface area contributed by atoms with Crippen LogP contribution in [0.25, 0.3) is 0 Å². The minimum atomic E-state index is 0.300. The Hall–Kier alpha value is -2.13. The number of rotatable bonds is 10. The van der Waals surface area contributed by atoms with Gasteiger partial charge in [0.1, 0.15) is 11.5 Å². The van der Waals surface area contributed by atoms with E-state index in [4.69, 9.17) is 10.5 Å². The fourth-order valence-corrected chi connectivity index (χ4v) is 2.53. The highest BCUT2D eigenvalue weighted by Crippen LogP contribution is 2.11. The molecule has 2 N–H and O–H groups in total. The molecular formula is C24H35NO2. The normalized spacial score (nSPS) is 10.1. The van der Waals surface area contributed by atoms with E-state index in [1.165, 1.54) is 16.7 Å². The van der Waals surface area contributed by atoms with Crippen LogP contribution in [0.15, 0.2) is 48.5 Å². The van der Waals surface area contributed by atoms with Crippen molar-refractivity contribution in [3.63, 3.8) is 0 Å². The molecule has 0 aliphatic rings. The Kier molecular flexibility index (Phi) is 11.9. The first-order valence-corrected chi connectivity index (χ1v) is 9.96. The van der Waals surface area contributed by atoms with E-state index in [1.54, 1.807) is 6.92 Å². The second-order valence-corrected chi connectivity index (χ2v) is 7.05. The van der Waals surface area contributed by atoms with Crippen LogP contribution in [0.5, 0.6) is 5.75 Å². The summed E-state index contributed by atoms with van der Waals surface area (Å²) in [6, 6.07) is 16.7. The van der Waals surface area contributed by atoms with Crippen LogP contribution in [0.3, 0.4) is 0 Å². The third-order valence-corrected chi connectivity index (χ3v) is 4.25. The summed E-state index contributed by atoms with van der Waals surface area (Å²) in [6.45, 7) is 7.33. The topological polar surface area (TPSA) is 52.3 Å². The summed E-state index contributed by atoms with van der Waals surface area (Å²) in [5.74, 6) is 1.25. The van der Waals surface area contributed by atoms with Crippen molar-refractivity contribution in [2.75, 3.05) is 13.2 Å². The van der Waals surface area contributed by atoms with Crippen molar-refractivity contribution >= 4 is 5.78 Å². The Balaban J connectivity index is 0.000000271. The van der Waals surface area contributed by atoms with Gasteiger partial charge in [0.25, 0.3) is 0 Å². The molecule has 2 aromatic carbocycles. The van der Waals surface area contributed by atoms with E-state index >= 15 is 0 Å². The van der Waals surface area contributed by atoms with E-state index in [2.05, 4.69) is 50.2 Å². The van der Waals surface area contributed by atoms with Gasteiger partial charge in [0.15, 0.2) is 0 Å². The Morgan fingerprint density at radius 2 is 1.44 bits per heavy atom. The van der Waals surface area contributed by atoms with Gasteiger partial charge in [0, 0.05) is 6.42 Å². The molecule has 0 saturated heterocycles. The number of benzene rings is 2. The first-order chi connectivity index (χ1) is 13.0. The highest BCUT2D eigenvalue weighted by atomic mass is 16.5. The summed E-state index contributed by atoms with van der Waals surface area (Å²) >= 11 is 0. The van der Waals surface area contributed by atoms with Crippen molar-refractivity contribution < 1.29 is 9.53 Å². The molecule has 0 aliphatic heterocycles. The molecule has 0 unspecified atom stereocenters. The maximum atomic E-state index is 10.7. The quantitative estimate of drug-likeness (QED) is 0.570. The minimum Gasteiger partial charge on any atom is -0.494 e. The number of hydrogen-bond acceptors (Lipinski definition) is 3. The van der Waals surface area contributed by atoms with Gasteiger partial charge in [-0.25, -0.2) is 0 Å². The zero-order valence-electron chi connectivity index (χ0n) is 17.2. The first-order valence-electron chi connectivity index (χ1n) is 9.96. The van der Waals surface area contributed by atoms with Gasteiger partial charge in [-0.05, 0) is 77.1 Å². The Labute approximate surface area is 164 Å². The summed E-state index contributed by atoms with van der Waals surface area (Å²) in [7, 11) is 0. The number of carbonyl (C=O) groups is 1. The van der Waals surface area contributed by atoms with Gasteiger partial charge >= 0.3 is 0 Å². The number of unbranched alkanes of at least 4 members (excludes halogenated alkanes) is 2. The van der Waals surface area contributed by atoms with E-state index in [-0.39, 0.29) is 0 Å². The van der Waals surface area contributed by atoms with Crippen molar-refractivity contribution in [1.29, 1.82) is 0 Å². The second kappa shape index (κ2) is 14.0. The van der Waals surface area contributed by atoms with Crippen molar-refractivity contribution in [3.8, 4) is 5.75 Å². The van der Waals surface area contributed by atoms with Gasteiger partial charge in [-0.15, -0.1) is 0 Å². The summed E-state index contributed by atoms with van der Waals surface area (Å²) in [5.41, 5.74) is 9.31. The molecule has 0 saturated carbocycles. The summed E-state index contributed by atoms with van der Waals surface area (Å²) < 4.78 is 5.51. The highest BCUT2D eigenvalue weighted by molar-refractivity contribution is 5.75. The molecule has 3 heteroatoms. The molecule has 0 radical (unpaired) electrons. The Bertz CT molecular complexity index is 632. The maximum absolute atomic E-state index is 10.7. The number of nitrogens with two attached hydrogens (primary N) is 1. The minimum absolute atomic E-state index is 0.300. The number of carbonyl (C=O) groups excluding carboxylic acids is 1. The fourth-order valence-electron chi connectivity index (χ4n) is 2.53. The number of aryl methyl sites for hydroxylation is 3. The molecule has 0 aliphatic carbocycles. The average molecular weight is 370 g/mol. The van der Waals surface area contributed by atoms with Crippen molar-refractivity contribution in [2.45, 2.75) is 59.3 Å². The smallest absolute Gasteiger partial charge is 0.129 e. The molecule has 0 fully saturated rings. The molecule has 27 heavy (non-hydrogen) atoms. The van der Waals surface area contributed by atoms with Crippen LogP contribution in [-0.2, 0) is 11.2 Å². The molecule has 0 aromatic heterocycles. The molecular weight excluding hydrogens is 334 g/mol. The molecule has 0 atom stereocenters. The first kappa shape index (κ1) is 22.9. The SMILES string of the molecule is CC(=O)CCCCc1ccc(C)cc1.Cc1ccc(OCCCCN)cc1. The molecule has 0 heterocycles. The largest absolute Gasteiger partial charge is 0.494 e. The number of Topliss-reactive ketones (excluding diaryl/α,β-unsaturated/α-hetero) is 1. The lowest BCUT2D eigenvalue weighted by molar-refractivity contribution is -0.117. The monoisotopic (exact) mass is 369 g/mol. The molecule has 2 rings (SSSR count). The van der Waals surface area contributed by atoms with Gasteiger partial charge < -0.3 is 15.3 Å². The van der Waals surface area contributed by atoms with E-state index in [9.17, 15) is 4.79 Å². The van der Waals surface area contributed by atoms with Crippen LogP contribution in [-0.4, -0.2) is 18.9 Å². The van der Waals surface area contributed by atoms with Gasteiger partial charge in [-0.1, -0.05) is 47.5 Å². The Morgan fingerprint density at radius 1 is 0.852 bits per heavy atom. The average Bonchev–Trinajstić information content (AvgIpc) is 2.66. The number of ether oxygens (including phenoxy) is 1. The number of ketones is 1. The van der Waals surface area contributed by atoms with Crippen LogP contribution in [0.2, 0.25) is 0 Å². The third-order valence-electron chi connectivity index (χ3n) is 4.25. The van der Waals surface area contributed by atoms with Crippen LogP contribution in [0.1, 0.15) is 55.7 Å². The van der Waals surface area contributed by atoms with E-state index in [1.807, 2.05) is 12.1 Å². The molecule has 0 amide bonds. The summed E-state index contributed by atoms with van der Waals surface area (Å²) in [5, 5.41) is 0. The molecule has 3 nitrogen and oxygen atoms in total. The molecule has 0 spiro atoms. The maximum Gasteiger partial charge on any atom is 0.129 e. The van der Waals surface area contributed by atoms with Crippen LogP contribution < -0.4 is 10.5 Å². The van der Waals surface area contributed by atoms with Gasteiger partial charge in [-0.2, -0.15) is 0 Å². The van der Waals surface area contributed by atoms with Gasteiger partial charge in [0.2, 0.25) is 0 Å². The molecule has 2 aromatic rings. The van der Waals surface area contributed by atoms with E-state index in [0.717, 1.165) is 57.4 Å². The van der Waals surface area contributed by atoms with Gasteiger partial charge in [0.05, 0.1) is 6.61 Å². The van der Waals surface area contributed by atoms with Crippen LogP contribution >= 0.6 is 0 Å². The zero-order valence-corrected chi connectivity index (χ0v) is 17.2. The molecule has 148 valence electrons. The highest BCUT2D eigenvalue weighted by Gasteiger charge is 1.96. The van der Waals surface area contributed by atoms with Crippen molar-refractivity contribution in [1.82, 2.24) is 0 Å². The van der Waals surface area contributed by atoms with Crippen molar-refractivity contribution in [3.05, 3.63) is 65.2 Å². The number of hydrogen-bond donors (Lipinski definition) is 1. The third kappa shape index (κ3) is 12.0. The lowest BCUT2D eigenvalue weighted by Gasteiger charge is -2.05. The summed E-state index contributed by atoms with van der Waals surface area (Å²) in [4.78, 5) is 10.7. The van der Waals surface area contributed by atoms with Crippen LogP contribution in [0.4, 0.5) is 0 Å². The van der Waals surface area contributed by atoms with E-state index in [0.29, 0.717) is 5.78 Å². The Morgan fingerprint density at radius 3 is 2.00 bits per heavy atom. The van der Waals surface area contributed by atoms with Crippen molar-refractivity contribution in [2.24, 2.45) is 5.73 Å². The standard InChI is InChI=1S/C13H18O.C11H17NO/c1-11-7-9-13(10-8-11)6-4-3-5-12(2)14;1-10-4-6-11(7-5-10)13-9-3-2-8-12/h7-10H,3-6H2,1-2H3;4-7H,2-3,8-9,12H2,1H3.